The Labute approximate surface area is 150 Å². The summed E-state index contributed by atoms with van der Waals surface area (Å²) in [5, 5.41) is 3.02. The first kappa shape index (κ1) is 19.0. The minimum atomic E-state index is 0.0693. The van der Waals surface area contributed by atoms with Gasteiger partial charge in [0.1, 0.15) is 12.3 Å². The summed E-state index contributed by atoms with van der Waals surface area (Å²) in [4.78, 5) is 13.4. The molecule has 4 nitrogen and oxygen atoms in total. The lowest BCUT2D eigenvalue weighted by atomic mass is 10.1. The molecule has 1 amide bonds. The van der Waals surface area contributed by atoms with E-state index in [2.05, 4.69) is 31.5 Å². The molecule has 0 aromatic heterocycles. The van der Waals surface area contributed by atoms with Crippen LogP contribution < -0.4 is 15.0 Å². The van der Waals surface area contributed by atoms with E-state index in [4.69, 9.17) is 4.74 Å². The van der Waals surface area contributed by atoms with E-state index in [0.717, 1.165) is 12.3 Å². The van der Waals surface area contributed by atoms with E-state index < -0.39 is 0 Å². The first-order chi connectivity index (χ1) is 12.0. The van der Waals surface area contributed by atoms with Crippen LogP contribution >= 0.6 is 0 Å². The summed E-state index contributed by atoms with van der Waals surface area (Å²) in [7, 11) is 4.26. The average molecular weight is 341 g/mol. The van der Waals surface area contributed by atoms with Gasteiger partial charge in [-0.15, -0.1) is 0 Å². The first-order valence-electron chi connectivity index (χ1n) is 8.86. The van der Waals surface area contributed by atoms with Crippen molar-refractivity contribution in [3.8, 4) is 5.75 Å². The maximum absolute atomic E-state index is 12.0. The van der Waals surface area contributed by atoms with Crippen LogP contribution in [0.3, 0.4) is 0 Å². The van der Waals surface area contributed by atoms with E-state index in [1.165, 1.54) is 21.6 Å². The van der Waals surface area contributed by atoms with Gasteiger partial charge in [0, 0.05) is 18.5 Å². The normalized spacial score (nSPS) is 10.7. The molecule has 0 radical (unpaired) electrons. The smallest absolute Gasteiger partial charge is 0.220 e. The van der Waals surface area contributed by atoms with Gasteiger partial charge in [-0.05, 0) is 36.6 Å². The highest BCUT2D eigenvalue weighted by Crippen LogP contribution is 2.12. The molecule has 0 aliphatic rings. The third-order valence-electron chi connectivity index (χ3n) is 3.94. The summed E-state index contributed by atoms with van der Waals surface area (Å²) in [6, 6.07) is 16.2. The highest BCUT2D eigenvalue weighted by molar-refractivity contribution is 5.75. The maximum atomic E-state index is 12.0. The van der Waals surface area contributed by atoms with Gasteiger partial charge in [0.05, 0.1) is 20.7 Å². The van der Waals surface area contributed by atoms with Gasteiger partial charge in [-0.2, -0.15) is 0 Å². The summed E-state index contributed by atoms with van der Waals surface area (Å²) in [6.07, 6.45) is 1.19. The number of carbonyl (C=O) groups is 1. The molecule has 134 valence electrons. The summed E-state index contributed by atoms with van der Waals surface area (Å²) in [6.45, 7) is 4.13. The summed E-state index contributed by atoms with van der Waals surface area (Å²) in [5.41, 5.74) is 3.65. The fraction of sp³-hybridized carbons (Fsp3) is 0.381. The van der Waals surface area contributed by atoms with Gasteiger partial charge in [-0.3, -0.25) is 4.79 Å². The number of rotatable bonds is 9. The third kappa shape index (κ3) is 6.98. The Hall–Kier alpha value is -2.33. The van der Waals surface area contributed by atoms with Crippen molar-refractivity contribution in [1.29, 1.82) is 0 Å². The Morgan fingerprint density at radius 2 is 1.84 bits per heavy atom. The molecule has 2 rings (SSSR count). The SMILES string of the molecule is Cc1cccc(OCCCC(=O)NCc2ccccc2C[NH+](C)C)c1. The van der Waals surface area contributed by atoms with E-state index in [9.17, 15) is 4.79 Å². The number of hydrogen-bond acceptors (Lipinski definition) is 2. The van der Waals surface area contributed by atoms with Crippen molar-refractivity contribution in [2.75, 3.05) is 20.7 Å². The number of carbonyl (C=O) groups excluding carboxylic acids is 1. The molecule has 0 aliphatic carbocycles. The number of ether oxygens (including phenoxy) is 1. The maximum Gasteiger partial charge on any atom is 0.220 e. The molecule has 0 atom stereocenters. The van der Waals surface area contributed by atoms with E-state index in [-0.39, 0.29) is 5.91 Å². The molecular weight excluding hydrogens is 312 g/mol. The molecule has 2 aromatic carbocycles. The second kappa shape index (κ2) is 9.84. The van der Waals surface area contributed by atoms with Crippen LogP contribution in [0, 0.1) is 6.92 Å². The van der Waals surface area contributed by atoms with Crippen LogP contribution in [-0.4, -0.2) is 26.6 Å². The molecule has 2 aromatic rings. The van der Waals surface area contributed by atoms with E-state index in [1.807, 2.05) is 43.3 Å². The number of nitrogens with one attached hydrogen (secondary N) is 2. The van der Waals surface area contributed by atoms with Crippen LogP contribution in [0.2, 0.25) is 0 Å². The summed E-state index contributed by atoms with van der Waals surface area (Å²) < 4.78 is 5.68. The summed E-state index contributed by atoms with van der Waals surface area (Å²) >= 11 is 0. The quantitative estimate of drug-likeness (QED) is 0.686. The number of amides is 1. The Balaban J connectivity index is 1.71. The lowest BCUT2D eigenvalue weighted by molar-refractivity contribution is -0.872. The average Bonchev–Trinajstić information content (AvgIpc) is 2.57. The van der Waals surface area contributed by atoms with Crippen molar-refractivity contribution in [3.05, 3.63) is 65.2 Å². The Bertz CT molecular complexity index is 683. The van der Waals surface area contributed by atoms with Crippen molar-refractivity contribution in [3.63, 3.8) is 0 Å². The largest absolute Gasteiger partial charge is 0.494 e. The highest BCUT2D eigenvalue weighted by Gasteiger charge is 2.07. The molecule has 4 heteroatoms. The summed E-state index contributed by atoms with van der Waals surface area (Å²) in [5.74, 6) is 0.931. The van der Waals surface area contributed by atoms with Gasteiger partial charge >= 0.3 is 0 Å². The monoisotopic (exact) mass is 341 g/mol. The van der Waals surface area contributed by atoms with Gasteiger partial charge < -0.3 is 15.0 Å². The zero-order valence-corrected chi connectivity index (χ0v) is 15.5. The van der Waals surface area contributed by atoms with Gasteiger partial charge in [0.25, 0.3) is 0 Å². The molecule has 0 unspecified atom stereocenters. The number of quaternary nitrogens is 1. The Kier molecular flexibility index (Phi) is 7.48. The van der Waals surface area contributed by atoms with Crippen LogP contribution in [0.25, 0.3) is 0 Å². The second-order valence-corrected chi connectivity index (χ2v) is 6.70. The van der Waals surface area contributed by atoms with Gasteiger partial charge in [-0.1, -0.05) is 36.4 Å². The molecule has 0 saturated carbocycles. The van der Waals surface area contributed by atoms with Crippen LogP contribution in [0.4, 0.5) is 0 Å². The minimum Gasteiger partial charge on any atom is -0.494 e. The standard InChI is InChI=1S/C21H28N2O2/c1-17-8-6-11-20(14-17)25-13-7-12-21(24)22-15-18-9-4-5-10-19(18)16-23(2)3/h4-6,8-11,14H,7,12-13,15-16H2,1-3H3,(H,22,24)/p+1. The van der Waals surface area contributed by atoms with Crippen molar-refractivity contribution in [2.24, 2.45) is 0 Å². The fourth-order valence-corrected chi connectivity index (χ4v) is 2.69. The molecule has 25 heavy (non-hydrogen) atoms. The number of benzene rings is 2. The molecule has 0 heterocycles. The van der Waals surface area contributed by atoms with Crippen LogP contribution in [0.1, 0.15) is 29.5 Å². The van der Waals surface area contributed by atoms with Gasteiger partial charge in [0.15, 0.2) is 0 Å². The molecule has 0 aliphatic heterocycles. The predicted molar refractivity (Wildman–Crippen MR) is 101 cm³/mol. The van der Waals surface area contributed by atoms with Gasteiger partial charge in [0.2, 0.25) is 5.91 Å². The first-order valence-corrected chi connectivity index (χ1v) is 8.86. The zero-order chi connectivity index (χ0) is 18.1. The number of aryl methyl sites for hydroxylation is 1. The predicted octanol–water partition coefficient (Wildman–Crippen LogP) is 2.11. The third-order valence-corrected chi connectivity index (χ3v) is 3.94. The van der Waals surface area contributed by atoms with Crippen molar-refractivity contribution < 1.29 is 14.4 Å². The molecule has 2 N–H and O–H groups in total. The van der Waals surface area contributed by atoms with Gasteiger partial charge in [-0.25, -0.2) is 0 Å². The lowest BCUT2D eigenvalue weighted by Crippen LogP contribution is -3.04. The highest BCUT2D eigenvalue weighted by atomic mass is 16.5. The minimum absolute atomic E-state index is 0.0693. The van der Waals surface area contributed by atoms with Crippen molar-refractivity contribution in [1.82, 2.24) is 5.32 Å². The van der Waals surface area contributed by atoms with Crippen LogP contribution in [0.15, 0.2) is 48.5 Å². The fourth-order valence-electron chi connectivity index (χ4n) is 2.69. The van der Waals surface area contributed by atoms with Crippen LogP contribution in [-0.2, 0) is 17.9 Å². The van der Waals surface area contributed by atoms with Crippen LogP contribution in [0.5, 0.6) is 5.75 Å². The number of hydrogen-bond donors (Lipinski definition) is 2. The van der Waals surface area contributed by atoms with E-state index in [0.29, 0.717) is 26.0 Å². The molecule has 0 bridgehead atoms. The van der Waals surface area contributed by atoms with E-state index in [1.54, 1.807) is 0 Å². The molecule has 0 spiro atoms. The lowest BCUT2D eigenvalue weighted by Gasteiger charge is -2.13. The molecule has 0 fully saturated rings. The molecular formula is C21H29N2O2+. The topological polar surface area (TPSA) is 42.8 Å². The van der Waals surface area contributed by atoms with Crippen molar-refractivity contribution >= 4 is 5.91 Å². The zero-order valence-electron chi connectivity index (χ0n) is 15.5. The Morgan fingerprint density at radius 1 is 1.08 bits per heavy atom. The van der Waals surface area contributed by atoms with E-state index >= 15 is 0 Å². The Morgan fingerprint density at radius 3 is 2.56 bits per heavy atom. The van der Waals surface area contributed by atoms with Crippen molar-refractivity contribution in [2.45, 2.75) is 32.9 Å². The second-order valence-electron chi connectivity index (χ2n) is 6.70. The molecule has 0 saturated heterocycles.